The monoisotopic (exact) mass is 390 g/mol. The Kier molecular flexibility index (Phi) is 4.65. The number of hydrogen-bond acceptors (Lipinski definition) is 6. The van der Waals surface area contributed by atoms with Crippen LogP contribution in [0.2, 0.25) is 0 Å². The van der Waals surface area contributed by atoms with Gasteiger partial charge in [-0.3, -0.25) is 19.9 Å². The number of hydrogen-bond donors (Lipinski definition) is 2. The van der Waals surface area contributed by atoms with Crippen molar-refractivity contribution in [3.63, 3.8) is 0 Å². The van der Waals surface area contributed by atoms with Gasteiger partial charge in [0.2, 0.25) is 5.91 Å². The van der Waals surface area contributed by atoms with E-state index in [0.717, 1.165) is 16.9 Å². The molecule has 0 radical (unpaired) electrons. The number of primary amides is 1. The van der Waals surface area contributed by atoms with Gasteiger partial charge in [-0.15, -0.1) is 11.3 Å². The van der Waals surface area contributed by atoms with Gasteiger partial charge in [0, 0.05) is 29.5 Å². The lowest BCUT2D eigenvalue weighted by Gasteiger charge is -2.03. The first-order chi connectivity index (χ1) is 13.6. The van der Waals surface area contributed by atoms with Crippen molar-refractivity contribution in [1.29, 1.82) is 0 Å². The Morgan fingerprint density at radius 3 is 2.57 bits per heavy atom. The Hall–Kier alpha value is -3.85. The highest BCUT2D eigenvalue weighted by molar-refractivity contribution is 7.14. The maximum atomic E-state index is 12.3. The minimum Gasteiger partial charge on any atom is -0.366 e. The zero-order chi connectivity index (χ0) is 19.5. The standard InChI is InChI=1S/C19H14N6O2S/c20-17(26)13-4-7-15(21-10-13)18(27)24-19-23-16(11-28-19)12-2-5-14(6-3-12)25-9-1-8-22-25/h1-11H,(H2,20,26)(H,23,24,27). The molecular weight excluding hydrogens is 376 g/mol. The molecule has 0 spiro atoms. The van der Waals surface area contributed by atoms with Gasteiger partial charge in [0.05, 0.1) is 16.9 Å². The van der Waals surface area contributed by atoms with Crippen LogP contribution in [-0.4, -0.2) is 31.6 Å². The number of carbonyl (C=O) groups excluding carboxylic acids is 2. The number of nitrogens with one attached hydrogen (secondary N) is 1. The molecule has 0 fully saturated rings. The molecule has 3 heterocycles. The van der Waals surface area contributed by atoms with Crippen LogP contribution in [0.5, 0.6) is 0 Å². The van der Waals surface area contributed by atoms with E-state index in [1.165, 1.54) is 29.7 Å². The normalized spacial score (nSPS) is 10.6. The van der Waals surface area contributed by atoms with Gasteiger partial charge in [-0.05, 0) is 30.3 Å². The first kappa shape index (κ1) is 17.6. The molecule has 0 saturated carbocycles. The molecule has 0 bridgehead atoms. The first-order valence-electron chi connectivity index (χ1n) is 8.23. The highest BCUT2D eigenvalue weighted by atomic mass is 32.1. The minimum absolute atomic E-state index is 0.172. The Balaban J connectivity index is 1.46. The van der Waals surface area contributed by atoms with E-state index in [9.17, 15) is 9.59 Å². The molecular formula is C19H14N6O2S. The zero-order valence-electron chi connectivity index (χ0n) is 14.4. The number of anilines is 1. The average molecular weight is 390 g/mol. The fourth-order valence-electron chi connectivity index (χ4n) is 2.51. The number of thiazole rings is 1. The minimum atomic E-state index is -0.595. The number of pyridine rings is 1. The van der Waals surface area contributed by atoms with Crippen molar-refractivity contribution in [2.45, 2.75) is 0 Å². The molecule has 0 aliphatic heterocycles. The maximum absolute atomic E-state index is 12.3. The SMILES string of the molecule is NC(=O)c1ccc(C(=O)Nc2nc(-c3ccc(-n4cccn4)cc3)cs2)nc1. The second kappa shape index (κ2) is 7.41. The maximum Gasteiger partial charge on any atom is 0.276 e. The molecule has 0 atom stereocenters. The van der Waals surface area contributed by atoms with E-state index in [-0.39, 0.29) is 11.3 Å². The van der Waals surface area contributed by atoms with E-state index in [1.54, 1.807) is 10.9 Å². The fourth-order valence-corrected chi connectivity index (χ4v) is 3.22. The molecule has 0 saturated heterocycles. The summed E-state index contributed by atoms with van der Waals surface area (Å²) in [6.07, 6.45) is 4.86. The quantitative estimate of drug-likeness (QED) is 0.544. The van der Waals surface area contributed by atoms with Gasteiger partial charge >= 0.3 is 0 Å². The summed E-state index contributed by atoms with van der Waals surface area (Å²) >= 11 is 1.31. The highest BCUT2D eigenvalue weighted by Gasteiger charge is 2.12. The summed E-state index contributed by atoms with van der Waals surface area (Å²) in [6, 6.07) is 12.5. The van der Waals surface area contributed by atoms with Crippen molar-refractivity contribution in [1.82, 2.24) is 19.7 Å². The van der Waals surface area contributed by atoms with Crippen molar-refractivity contribution >= 4 is 28.3 Å². The summed E-state index contributed by atoms with van der Waals surface area (Å²) in [5, 5.41) is 9.22. The smallest absolute Gasteiger partial charge is 0.276 e. The van der Waals surface area contributed by atoms with E-state index >= 15 is 0 Å². The van der Waals surface area contributed by atoms with Crippen LogP contribution < -0.4 is 11.1 Å². The van der Waals surface area contributed by atoms with Crippen LogP contribution in [0, 0.1) is 0 Å². The Labute approximate surface area is 163 Å². The third kappa shape index (κ3) is 3.64. The lowest BCUT2D eigenvalue weighted by molar-refractivity contribution is 0.0993. The van der Waals surface area contributed by atoms with Crippen LogP contribution in [0.25, 0.3) is 16.9 Å². The number of rotatable bonds is 5. The Morgan fingerprint density at radius 1 is 1.11 bits per heavy atom. The summed E-state index contributed by atoms with van der Waals surface area (Å²) in [5.74, 6) is -1.01. The number of benzene rings is 1. The fraction of sp³-hybridized carbons (Fsp3) is 0. The summed E-state index contributed by atoms with van der Waals surface area (Å²) in [7, 11) is 0. The molecule has 9 heteroatoms. The molecule has 28 heavy (non-hydrogen) atoms. The van der Waals surface area contributed by atoms with Gasteiger partial charge in [0.15, 0.2) is 5.13 Å². The van der Waals surface area contributed by atoms with E-state index < -0.39 is 11.8 Å². The third-order valence-electron chi connectivity index (χ3n) is 3.94. The number of nitrogens with zero attached hydrogens (tertiary/aromatic N) is 4. The summed E-state index contributed by atoms with van der Waals surface area (Å²) in [5.41, 5.74) is 8.21. The van der Waals surface area contributed by atoms with Gasteiger partial charge in [-0.2, -0.15) is 5.10 Å². The second-order valence-corrected chi connectivity index (χ2v) is 6.64. The van der Waals surface area contributed by atoms with Crippen LogP contribution in [0.3, 0.4) is 0 Å². The van der Waals surface area contributed by atoms with Crippen LogP contribution in [0.4, 0.5) is 5.13 Å². The topological polar surface area (TPSA) is 116 Å². The van der Waals surface area contributed by atoms with Crippen molar-refractivity contribution < 1.29 is 9.59 Å². The van der Waals surface area contributed by atoms with Crippen LogP contribution in [-0.2, 0) is 0 Å². The lowest BCUT2D eigenvalue weighted by Crippen LogP contribution is -2.15. The van der Waals surface area contributed by atoms with E-state index in [0.29, 0.717) is 5.13 Å². The van der Waals surface area contributed by atoms with Crippen LogP contribution in [0.1, 0.15) is 20.8 Å². The predicted molar refractivity (Wildman–Crippen MR) is 105 cm³/mol. The van der Waals surface area contributed by atoms with E-state index in [4.69, 9.17) is 5.73 Å². The molecule has 0 unspecified atom stereocenters. The number of amides is 2. The Bertz CT molecular complexity index is 1120. The van der Waals surface area contributed by atoms with Gasteiger partial charge in [-0.1, -0.05) is 12.1 Å². The predicted octanol–water partition coefficient (Wildman–Crippen LogP) is 2.74. The van der Waals surface area contributed by atoms with Crippen LogP contribution >= 0.6 is 11.3 Å². The van der Waals surface area contributed by atoms with Crippen molar-refractivity contribution in [2.24, 2.45) is 5.73 Å². The van der Waals surface area contributed by atoms with Crippen LogP contribution in [0.15, 0.2) is 66.4 Å². The lowest BCUT2D eigenvalue weighted by atomic mass is 10.1. The van der Waals surface area contributed by atoms with Gasteiger partial charge < -0.3 is 5.73 Å². The molecule has 8 nitrogen and oxygen atoms in total. The van der Waals surface area contributed by atoms with Gasteiger partial charge in [0.25, 0.3) is 5.91 Å². The summed E-state index contributed by atoms with van der Waals surface area (Å²) in [6.45, 7) is 0. The molecule has 4 aromatic rings. The molecule has 3 aromatic heterocycles. The largest absolute Gasteiger partial charge is 0.366 e. The first-order valence-corrected chi connectivity index (χ1v) is 9.11. The van der Waals surface area contributed by atoms with E-state index in [1.807, 2.05) is 41.9 Å². The number of carbonyl (C=O) groups is 2. The molecule has 2 amide bonds. The molecule has 3 N–H and O–H groups in total. The third-order valence-corrected chi connectivity index (χ3v) is 4.70. The number of nitrogens with two attached hydrogens (primary N) is 1. The molecule has 0 aliphatic rings. The number of aromatic nitrogens is 4. The molecule has 4 rings (SSSR count). The second-order valence-electron chi connectivity index (χ2n) is 5.79. The summed E-state index contributed by atoms with van der Waals surface area (Å²) in [4.78, 5) is 31.7. The van der Waals surface area contributed by atoms with Gasteiger partial charge in [-0.25, -0.2) is 9.67 Å². The zero-order valence-corrected chi connectivity index (χ0v) is 15.3. The van der Waals surface area contributed by atoms with Crippen molar-refractivity contribution in [3.8, 4) is 16.9 Å². The van der Waals surface area contributed by atoms with Crippen molar-refractivity contribution in [2.75, 3.05) is 5.32 Å². The highest BCUT2D eigenvalue weighted by Crippen LogP contribution is 2.26. The molecule has 1 aromatic carbocycles. The summed E-state index contributed by atoms with van der Waals surface area (Å²) < 4.78 is 1.77. The molecule has 0 aliphatic carbocycles. The van der Waals surface area contributed by atoms with Gasteiger partial charge in [0.1, 0.15) is 5.69 Å². The molecule has 138 valence electrons. The average Bonchev–Trinajstić information content (AvgIpc) is 3.40. The Morgan fingerprint density at radius 2 is 1.93 bits per heavy atom. The van der Waals surface area contributed by atoms with E-state index in [2.05, 4.69) is 20.4 Å². The van der Waals surface area contributed by atoms with Crippen molar-refractivity contribution in [3.05, 3.63) is 77.7 Å².